The highest BCUT2D eigenvalue weighted by Gasteiger charge is 2.65. The van der Waals surface area contributed by atoms with Crippen molar-refractivity contribution in [2.45, 2.75) is 49.1 Å². The number of anilines is 1. The van der Waals surface area contributed by atoms with E-state index in [1.165, 1.54) is 42.7 Å². The predicted molar refractivity (Wildman–Crippen MR) is 178 cm³/mol. The summed E-state index contributed by atoms with van der Waals surface area (Å²) in [5.41, 5.74) is -0.995. The minimum Gasteiger partial charge on any atom is -0.481 e. The molecule has 2 heterocycles. The molecule has 0 bridgehead atoms. The summed E-state index contributed by atoms with van der Waals surface area (Å²) >= 11 is 24.3. The first kappa shape index (κ1) is 35.8. The van der Waals surface area contributed by atoms with Crippen molar-refractivity contribution in [1.82, 2.24) is 14.6 Å². The number of nitrogens with one attached hydrogen (secondary N) is 2. The summed E-state index contributed by atoms with van der Waals surface area (Å²) in [5.74, 6) is -5.12. The van der Waals surface area contributed by atoms with Crippen molar-refractivity contribution in [3.8, 4) is 0 Å². The molecule has 2 amide bonds. The van der Waals surface area contributed by atoms with Gasteiger partial charge in [-0.1, -0.05) is 71.4 Å². The Kier molecular flexibility index (Phi) is 10.6. The fourth-order valence-electron chi connectivity index (χ4n) is 6.51. The van der Waals surface area contributed by atoms with Gasteiger partial charge in [0, 0.05) is 41.1 Å². The molecule has 3 aromatic rings. The van der Waals surface area contributed by atoms with Gasteiger partial charge < -0.3 is 20.8 Å². The number of pyridine rings is 1. The molecule has 4 N–H and O–H groups in total. The molecule has 4 atom stereocenters. The Hall–Kier alpha value is -3.46. The molecule has 4 unspecified atom stereocenters. The molecule has 48 heavy (non-hydrogen) atoms. The Bertz CT molecular complexity index is 1850. The van der Waals surface area contributed by atoms with Crippen LogP contribution in [0.2, 0.25) is 20.1 Å². The zero-order chi connectivity index (χ0) is 35.0. The van der Waals surface area contributed by atoms with Crippen LogP contribution in [0.3, 0.4) is 0 Å². The van der Waals surface area contributed by atoms with Crippen molar-refractivity contribution < 1.29 is 37.8 Å². The number of carboxylic acids is 2. The topological polar surface area (TPSA) is 183 Å². The van der Waals surface area contributed by atoms with Crippen LogP contribution in [0.4, 0.5) is 5.69 Å². The van der Waals surface area contributed by atoms with Crippen molar-refractivity contribution in [3.63, 3.8) is 0 Å². The Labute approximate surface area is 295 Å². The van der Waals surface area contributed by atoms with Gasteiger partial charge in [-0.3, -0.25) is 19.4 Å². The summed E-state index contributed by atoms with van der Waals surface area (Å²) < 4.78 is 28.8. The van der Waals surface area contributed by atoms with Gasteiger partial charge in [-0.05, 0) is 54.7 Å². The SMILES string of the molecule is O=C(Nc1ccc(CC(NC(=O)C2N(S(=O)(=O)c3cc(Cl)cc(Cl)c3)CC3CCCCC32C(=O)O)C(=O)O)cc1)c1c(Cl)cncc1Cl. The highest BCUT2D eigenvalue weighted by molar-refractivity contribution is 7.89. The average molecular weight is 758 g/mol. The van der Waals surface area contributed by atoms with Crippen LogP contribution in [-0.2, 0) is 30.8 Å². The van der Waals surface area contributed by atoms with Crippen LogP contribution in [0.25, 0.3) is 0 Å². The number of hydrogen-bond donors (Lipinski definition) is 4. The highest BCUT2D eigenvalue weighted by Crippen LogP contribution is 2.52. The largest absolute Gasteiger partial charge is 0.481 e. The fourth-order valence-corrected chi connectivity index (χ4v) is 9.46. The van der Waals surface area contributed by atoms with E-state index < -0.39 is 57.2 Å². The van der Waals surface area contributed by atoms with E-state index in [1.54, 1.807) is 0 Å². The van der Waals surface area contributed by atoms with E-state index in [0.29, 0.717) is 30.5 Å². The van der Waals surface area contributed by atoms with Gasteiger partial charge in [-0.2, -0.15) is 4.31 Å². The minimum absolute atomic E-state index is 0.0202. The number of halogens is 4. The normalized spacial score (nSPS) is 21.6. The second-order valence-electron chi connectivity index (χ2n) is 11.6. The van der Waals surface area contributed by atoms with Gasteiger partial charge in [0.15, 0.2) is 0 Å². The molecule has 5 rings (SSSR count). The summed E-state index contributed by atoms with van der Waals surface area (Å²) in [4.78, 5) is 55.5. The molecule has 0 spiro atoms. The van der Waals surface area contributed by atoms with Crippen LogP contribution in [0.15, 0.2) is 59.8 Å². The number of amides is 2. The van der Waals surface area contributed by atoms with Crippen LogP contribution in [0.5, 0.6) is 0 Å². The monoisotopic (exact) mass is 756 g/mol. The van der Waals surface area contributed by atoms with Crippen molar-refractivity contribution in [3.05, 3.63) is 86.1 Å². The first-order valence-corrected chi connectivity index (χ1v) is 17.5. The number of nitrogens with zero attached hydrogens (tertiary/aromatic N) is 2. The quantitative estimate of drug-likeness (QED) is 0.211. The number of aromatic nitrogens is 1. The Morgan fingerprint density at radius 3 is 2.17 bits per heavy atom. The molecule has 254 valence electrons. The van der Waals surface area contributed by atoms with Gasteiger partial charge >= 0.3 is 11.9 Å². The van der Waals surface area contributed by atoms with Gasteiger partial charge in [0.05, 0.1) is 25.9 Å². The van der Waals surface area contributed by atoms with Crippen LogP contribution in [0.1, 0.15) is 41.6 Å². The standard InChI is InChI=1S/C31H28Cl4N4O8S/c32-18-10-19(33)12-21(11-18)48(46,47)39-15-17-3-1-2-8-31(17,30(44)45)26(39)28(41)38-24(29(42)43)9-16-4-6-20(7-5-16)37-27(40)25-22(34)13-36-14-23(25)35/h4-7,10-14,17,24,26H,1-3,8-9,15H2,(H,37,40)(H,38,41)(H,42,43)(H,44,45). The lowest BCUT2D eigenvalue weighted by Crippen LogP contribution is -2.59. The zero-order valence-electron chi connectivity index (χ0n) is 24.8. The second-order valence-corrected chi connectivity index (χ2v) is 15.2. The smallest absolute Gasteiger partial charge is 0.326 e. The van der Waals surface area contributed by atoms with Crippen molar-refractivity contribution in [1.29, 1.82) is 0 Å². The number of carbonyl (C=O) groups excluding carboxylic acids is 2. The lowest BCUT2D eigenvalue weighted by Gasteiger charge is -2.39. The van der Waals surface area contributed by atoms with E-state index in [2.05, 4.69) is 15.6 Å². The van der Waals surface area contributed by atoms with E-state index in [9.17, 15) is 37.8 Å². The van der Waals surface area contributed by atoms with Gasteiger partial charge in [0.1, 0.15) is 12.1 Å². The van der Waals surface area contributed by atoms with E-state index in [4.69, 9.17) is 46.4 Å². The third kappa shape index (κ3) is 6.98. The summed E-state index contributed by atoms with van der Waals surface area (Å²) in [6.45, 7) is -0.266. The average Bonchev–Trinajstić information content (AvgIpc) is 3.39. The maximum atomic E-state index is 14.0. The van der Waals surface area contributed by atoms with Gasteiger partial charge in [0.2, 0.25) is 15.9 Å². The van der Waals surface area contributed by atoms with E-state index >= 15 is 0 Å². The lowest BCUT2D eigenvalue weighted by molar-refractivity contribution is -0.158. The molecular weight excluding hydrogens is 730 g/mol. The zero-order valence-corrected chi connectivity index (χ0v) is 28.7. The number of benzene rings is 2. The Balaban J connectivity index is 1.40. The second kappa shape index (κ2) is 14.2. The molecule has 2 fully saturated rings. The lowest BCUT2D eigenvalue weighted by atomic mass is 9.64. The van der Waals surface area contributed by atoms with E-state index in [-0.39, 0.29) is 49.9 Å². The number of hydrogen-bond acceptors (Lipinski definition) is 7. The molecule has 1 aliphatic heterocycles. The Morgan fingerprint density at radius 2 is 1.58 bits per heavy atom. The first-order valence-electron chi connectivity index (χ1n) is 14.6. The molecule has 1 aliphatic carbocycles. The summed E-state index contributed by atoms with van der Waals surface area (Å²) in [6, 6.07) is 6.38. The van der Waals surface area contributed by atoms with Crippen LogP contribution >= 0.6 is 46.4 Å². The van der Waals surface area contributed by atoms with Gasteiger partial charge in [0.25, 0.3) is 5.91 Å². The molecule has 2 aliphatic rings. The maximum Gasteiger partial charge on any atom is 0.326 e. The highest BCUT2D eigenvalue weighted by atomic mass is 35.5. The summed E-state index contributed by atoms with van der Waals surface area (Å²) in [7, 11) is -4.52. The predicted octanol–water partition coefficient (Wildman–Crippen LogP) is 5.39. The molecule has 1 aromatic heterocycles. The summed E-state index contributed by atoms with van der Waals surface area (Å²) in [6.07, 6.45) is 3.76. The van der Waals surface area contributed by atoms with Crippen molar-refractivity contribution in [2.24, 2.45) is 11.3 Å². The number of sulfonamides is 1. The van der Waals surface area contributed by atoms with Crippen molar-refractivity contribution in [2.75, 3.05) is 11.9 Å². The van der Waals surface area contributed by atoms with E-state index in [0.717, 1.165) is 16.4 Å². The third-order valence-corrected chi connectivity index (χ3v) is 11.6. The number of carboxylic acid groups (broad SMARTS) is 2. The van der Waals surface area contributed by atoms with Crippen molar-refractivity contribution >= 4 is 85.9 Å². The maximum absolute atomic E-state index is 14.0. The number of rotatable bonds is 10. The minimum atomic E-state index is -4.52. The molecule has 1 saturated carbocycles. The van der Waals surface area contributed by atoms with E-state index in [1.807, 2.05) is 0 Å². The van der Waals surface area contributed by atoms with Gasteiger partial charge in [-0.15, -0.1) is 0 Å². The van der Waals surface area contributed by atoms with Gasteiger partial charge in [-0.25, -0.2) is 13.2 Å². The van der Waals surface area contributed by atoms with Crippen LogP contribution in [0, 0.1) is 11.3 Å². The van der Waals surface area contributed by atoms with Crippen LogP contribution in [-0.4, -0.2) is 70.3 Å². The third-order valence-electron chi connectivity index (χ3n) is 8.73. The number of aliphatic carboxylic acids is 2. The molecule has 2 aromatic carbocycles. The Morgan fingerprint density at radius 1 is 0.958 bits per heavy atom. The molecule has 17 heteroatoms. The fraction of sp³-hybridized carbons (Fsp3) is 0.323. The molecular formula is C31H28Cl4N4O8S. The molecule has 12 nitrogen and oxygen atoms in total. The van der Waals surface area contributed by atoms with Crippen LogP contribution < -0.4 is 10.6 Å². The molecule has 1 saturated heterocycles. The summed E-state index contributed by atoms with van der Waals surface area (Å²) in [5, 5.41) is 25.8. The molecule has 0 radical (unpaired) electrons. The number of fused-ring (bicyclic) bond motifs is 1. The first-order chi connectivity index (χ1) is 22.6. The number of carbonyl (C=O) groups is 4.